The van der Waals surface area contributed by atoms with E-state index in [0.717, 1.165) is 25.6 Å². The Bertz CT molecular complexity index is 519. The first-order valence-electron chi connectivity index (χ1n) is 8.28. The summed E-state index contributed by atoms with van der Waals surface area (Å²) in [7, 11) is 0. The number of nitrogens with one attached hydrogen (secondary N) is 2. The number of amides is 1. The van der Waals surface area contributed by atoms with Gasteiger partial charge in [-0.2, -0.15) is 0 Å². The number of hydrogen-bond acceptors (Lipinski definition) is 4. The van der Waals surface area contributed by atoms with Crippen LogP contribution in [0.4, 0.5) is 0 Å². The molecule has 0 aliphatic carbocycles. The highest BCUT2D eigenvalue weighted by atomic mass is 16.1. The van der Waals surface area contributed by atoms with Gasteiger partial charge in [-0.1, -0.05) is 6.92 Å². The molecule has 1 saturated heterocycles. The third-order valence-electron chi connectivity index (χ3n) is 3.75. The van der Waals surface area contributed by atoms with Gasteiger partial charge in [0.05, 0.1) is 12.7 Å². The highest BCUT2D eigenvalue weighted by Crippen LogP contribution is 2.15. The molecule has 0 radical (unpaired) electrons. The van der Waals surface area contributed by atoms with Crippen molar-refractivity contribution in [2.24, 2.45) is 10.9 Å². The maximum atomic E-state index is 11.9. The normalized spacial score (nSPS) is 18.6. The number of aliphatic imine (C=N–C) groups is 1. The molecular formula is C16H26N6O. The van der Waals surface area contributed by atoms with E-state index in [1.54, 1.807) is 6.20 Å². The summed E-state index contributed by atoms with van der Waals surface area (Å²) in [5.41, 5.74) is 0.327. The fourth-order valence-corrected chi connectivity index (χ4v) is 2.65. The lowest BCUT2D eigenvalue weighted by Gasteiger charge is -2.33. The number of guanidine groups is 1. The minimum absolute atomic E-state index is 0.218. The molecule has 2 N–H and O–H groups in total. The van der Waals surface area contributed by atoms with E-state index < -0.39 is 0 Å². The smallest absolute Gasteiger partial charge is 0.271 e. The number of nitrogens with zero attached hydrogens (tertiary/aromatic N) is 4. The second kappa shape index (κ2) is 9.07. The van der Waals surface area contributed by atoms with E-state index in [9.17, 15) is 4.79 Å². The van der Waals surface area contributed by atoms with E-state index in [1.165, 1.54) is 25.2 Å². The van der Waals surface area contributed by atoms with Crippen LogP contribution in [0.2, 0.25) is 0 Å². The van der Waals surface area contributed by atoms with Crippen molar-refractivity contribution in [2.75, 3.05) is 32.7 Å². The van der Waals surface area contributed by atoms with E-state index >= 15 is 0 Å². The van der Waals surface area contributed by atoms with E-state index in [0.29, 0.717) is 24.7 Å². The number of aromatic nitrogens is 2. The maximum absolute atomic E-state index is 11.9. The molecule has 0 saturated carbocycles. The molecule has 2 rings (SSSR count). The van der Waals surface area contributed by atoms with E-state index in [4.69, 9.17) is 0 Å². The third-order valence-corrected chi connectivity index (χ3v) is 3.75. The second-order valence-electron chi connectivity index (χ2n) is 5.78. The minimum atomic E-state index is -0.218. The van der Waals surface area contributed by atoms with Gasteiger partial charge in [0.2, 0.25) is 0 Å². The third kappa shape index (κ3) is 5.50. The molecule has 1 amide bonds. The molecule has 1 aliphatic rings. The molecule has 23 heavy (non-hydrogen) atoms. The van der Waals surface area contributed by atoms with Crippen molar-refractivity contribution < 1.29 is 4.79 Å². The molecule has 2 heterocycles. The summed E-state index contributed by atoms with van der Waals surface area (Å²) in [6.45, 7) is 8.29. The molecule has 1 aromatic heterocycles. The van der Waals surface area contributed by atoms with Gasteiger partial charge in [-0.05, 0) is 25.7 Å². The first-order chi connectivity index (χ1) is 11.2. The fourth-order valence-electron chi connectivity index (χ4n) is 2.65. The molecule has 1 aliphatic heterocycles. The largest absolute Gasteiger partial charge is 0.357 e. The van der Waals surface area contributed by atoms with Crippen LogP contribution in [0, 0.1) is 5.92 Å². The van der Waals surface area contributed by atoms with Crippen LogP contribution in [0.25, 0.3) is 0 Å². The predicted molar refractivity (Wildman–Crippen MR) is 90.3 cm³/mol. The van der Waals surface area contributed by atoms with Crippen molar-refractivity contribution in [1.82, 2.24) is 25.5 Å². The van der Waals surface area contributed by atoms with Gasteiger partial charge in [-0.25, -0.2) is 4.98 Å². The van der Waals surface area contributed by atoms with Gasteiger partial charge in [-0.3, -0.25) is 14.8 Å². The van der Waals surface area contributed by atoms with E-state index in [1.807, 2.05) is 0 Å². The fraction of sp³-hybridized carbons (Fsp3) is 0.625. The Balaban J connectivity index is 1.82. The van der Waals surface area contributed by atoms with Crippen LogP contribution in [0.5, 0.6) is 0 Å². The van der Waals surface area contributed by atoms with Crippen LogP contribution in [-0.4, -0.2) is 59.5 Å². The maximum Gasteiger partial charge on any atom is 0.271 e. The average Bonchev–Trinajstić information content (AvgIpc) is 2.58. The van der Waals surface area contributed by atoms with Crippen molar-refractivity contribution >= 4 is 11.9 Å². The van der Waals surface area contributed by atoms with Crippen LogP contribution in [0.3, 0.4) is 0 Å². The number of carbonyl (C=O) groups is 1. The van der Waals surface area contributed by atoms with Crippen LogP contribution < -0.4 is 10.6 Å². The predicted octanol–water partition coefficient (Wildman–Crippen LogP) is 0.904. The standard InChI is InChI=1S/C16H26N6O/c1-3-18-16(22-10-4-5-13(2)12-22)21-9-8-20-15(23)14-11-17-6-7-19-14/h6-7,11,13H,3-5,8-10,12H2,1-2H3,(H,18,21)(H,20,23). The summed E-state index contributed by atoms with van der Waals surface area (Å²) in [6, 6.07) is 0. The van der Waals surface area contributed by atoms with Crippen LogP contribution in [-0.2, 0) is 0 Å². The highest BCUT2D eigenvalue weighted by Gasteiger charge is 2.18. The van der Waals surface area contributed by atoms with Gasteiger partial charge in [0.15, 0.2) is 5.96 Å². The monoisotopic (exact) mass is 318 g/mol. The van der Waals surface area contributed by atoms with Gasteiger partial charge >= 0.3 is 0 Å². The van der Waals surface area contributed by atoms with Crippen LogP contribution >= 0.6 is 0 Å². The quantitative estimate of drug-likeness (QED) is 0.479. The van der Waals surface area contributed by atoms with Gasteiger partial charge < -0.3 is 15.5 Å². The first-order valence-corrected chi connectivity index (χ1v) is 8.28. The zero-order valence-electron chi connectivity index (χ0n) is 14.0. The molecule has 1 fully saturated rings. The summed E-state index contributed by atoms with van der Waals surface area (Å²) in [6.07, 6.45) is 6.99. The SMILES string of the molecule is CCNC(=NCCNC(=O)c1cnccn1)N1CCCC(C)C1. The van der Waals surface area contributed by atoms with Gasteiger partial charge in [-0.15, -0.1) is 0 Å². The zero-order valence-corrected chi connectivity index (χ0v) is 14.0. The summed E-state index contributed by atoms with van der Waals surface area (Å²) in [5, 5.41) is 6.15. The highest BCUT2D eigenvalue weighted by molar-refractivity contribution is 5.91. The average molecular weight is 318 g/mol. The van der Waals surface area contributed by atoms with E-state index in [-0.39, 0.29) is 5.91 Å². The van der Waals surface area contributed by atoms with Crippen LogP contribution in [0.15, 0.2) is 23.6 Å². The van der Waals surface area contributed by atoms with Crippen LogP contribution in [0.1, 0.15) is 37.2 Å². The second-order valence-corrected chi connectivity index (χ2v) is 5.78. The summed E-state index contributed by atoms with van der Waals surface area (Å²) in [5.74, 6) is 1.42. The zero-order chi connectivity index (χ0) is 16.5. The Morgan fingerprint density at radius 2 is 2.30 bits per heavy atom. The molecule has 126 valence electrons. The molecule has 7 nitrogen and oxygen atoms in total. The van der Waals surface area contributed by atoms with Crippen molar-refractivity contribution in [3.63, 3.8) is 0 Å². The van der Waals surface area contributed by atoms with Crippen molar-refractivity contribution in [1.29, 1.82) is 0 Å². The Morgan fingerprint density at radius 1 is 1.43 bits per heavy atom. The molecule has 7 heteroatoms. The lowest BCUT2D eigenvalue weighted by atomic mass is 10.0. The molecule has 0 aromatic carbocycles. The molecular weight excluding hydrogens is 292 g/mol. The number of carbonyl (C=O) groups excluding carboxylic acids is 1. The topological polar surface area (TPSA) is 82.5 Å². The van der Waals surface area contributed by atoms with E-state index in [2.05, 4.69) is 44.3 Å². The molecule has 0 spiro atoms. The summed E-state index contributed by atoms with van der Waals surface area (Å²) < 4.78 is 0. The molecule has 0 bridgehead atoms. The van der Waals surface area contributed by atoms with Crippen molar-refractivity contribution in [3.8, 4) is 0 Å². The molecule has 1 atom stereocenters. The Kier molecular flexibility index (Phi) is 6.77. The number of hydrogen-bond donors (Lipinski definition) is 2. The Morgan fingerprint density at radius 3 is 3.00 bits per heavy atom. The van der Waals surface area contributed by atoms with Gasteiger partial charge in [0.1, 0.15) is 5.69 Å². The number of piperidine rings is 1. The van der Waals surface area contributed by atoms with Gasteiger partial charge in [0, 0.05) is 38.6 Å². The Hall–Kier alpha value is -2.18. The lowest BCUT2D eigenvalue weighted by Crippen LogP contribution is -2.46. The minimum Gasteiger partial charge on any atom is -0.357 e. The first kappa shape index (κ1) is 17.2. The van der Waals surface area contributed by atoms with Gasteiger partial charge in [0.25, 0.3) is 5.91 Å². The number of likely N-dealkylation sites (tertiary alicyclic amines) is 1. The Labute approximate surface area is 137 Å². The molecule has 1 unspecified atom stereocenters. The lowest BCUT2D eigenvalue weighted by molar-refractivity contribution is 0.0949. The number of rotatable bonds is 5. The summed E-state index contributed by atoms with van der Waals surface area (Å²) in [4.78, 5) is 26.7. The van der Waals surface area contributed by atoms with Crippen molar-refractivity contribution in [3.05, 3.63) is 24.3 Å². The molecule has 1 aromatic rings. The van der Waals surface area contributed by atoms with Crippen molar-refractivity contribution in [2.45, 2.75) is 26.7 Å². The summed E-state index contributed by atoms with van der Waals surface area (Å²) >= 11 is 0.